The standard InChI is InChI=1S/C19H24N8O2S/c28-17-15(14-12-30-19(23-14)27-6-2-5-21-27)16(22-13-3-1-4-20-11-13)24-18(25-17)26-7-9-29-10-8-26/h2,5-6,12-13,20H,1,3-4,7-11H2,(H2,22,24,25,28). The Hall–Kier alpha value is -2.76. The minimum atomic E-state index is -0.199. The topological polar surface area (TPSA) is 113 Å². The molecule has 3 aromatic heterocycles. The Kier molecular flexibility index (Phi) is 5.47. The van der Waals surface area contributed by atoms with Gasteiger partial charge in [-0.15, -0.1) is 11.3 Å². The van der Waals surface area contributed by atoms with Gasteiger partial charge in [-0.1, -0.05) is 0 Å². The van der Waals surface area contributed by atoms with Crippen molar-refractivity contribution in [3.8, 4) is 16.4 Å². The lowest BCUT2D eigenvalue weighted by Crippen LogP contribution is -2.40. The molecule has 11 heteroatoms. The molecule has 2 aliphatic heterocycles. The summed E-state index contributed by atoms with van der Waals surface area (Å²) in [4.78, 5) is 27.6. The molecule has 0 saturated carbocycles. The maximum absolute atomic E-state index is 13.2. The number of nitrogens with one attached hydrogen (secondary N) is 3. The minimum Gasteiger partial charge on any atom is -0.378 e. The van der Waals surface area contributed by atoms with Gasteiger partial charge in [0.1, 0.15) is 11.4 Å². The Morgan fingerprint density at radius 3 is 2.93 bits per heavy atom. The number of thiazole rings is 1. The highest BCUT2D eigenvalue weighted by molar-refractivity contribution is 7.12. The number of aromatic nitrogens is 5. The summed E-state index contributed by atoms with van der Waals surface area (Å²) in [5.74, 6) is 1.15. The third-order valence-electron chi connectivity index (χ3n) is 5.30. The van der Waals surface area contributed by atoms with Crippen molar-refractivity contribution >= 4 is 23.1 Å². The second-order valence-corrected chi connectivity index (χ2v) is 8.20. The molecule has 10 nitrogen and oxygen atoms in total. The highest BCUT2D eigenvalue weighted by Crippen LogP contribution is 2.28. The fraction of sp³-hybridized carbons (Fsp3) is 0.474. The van der Waals surface area contributed by atoms with Gasteiger partial charge in [-0.3, -0.25) is 9.78 Å². The van der Waals surface area contributed by atoms with Crippen LogP contribution in [-0.4, -0.2) is 70.2 Å². The fourth-order valence-corrected chi connectivity index (χ4v) is 4.52. The van der Waals surface area contributed by atoms with Crippen molar-refractivity contribution in [2.45, 2.75) is 18.9 Å². The number of hydrogen-bond donors (Lipinski definition) is 3. The number of nitrogens with zero attached hydrogens (tertiary/aromatic N) is 5. The second kappa shape index (κ2) is 8.54. The normalized spacial score (nSPS) is 19.7. The summed E-state index contributed by atoms with van der Waals surface area (Å²) in [6.45, 7) is 4.52. The SMILES string of the molecule is O=c1[nH]c(N2CCOCC2)nc(NC2CCCNC2)c1-c1csc(-n2cccn2)n1. The Bertz CT molecular complexity index is 1040. The molecule has 0 aliphatic carbocycles. The molecule has 158 valence electrons. The van der Waals surface area contributed by atoms with E-state index in [1.54, 1.807) is 10.9 Å². The largest absolute Gasteiger partial charge is 0.378 e. The van der Waals surface area contributed by atoms with Crippen LogP contribution in [0.1, 0.15) is 12.8 Å². The molecule has 2 aliphatic rings. The zero-order valence-electron chi connectivity index (χ0n) is 16.5. The fourth-order valence-electron chi connectivity index (χ4n) is 3.76. The quantitative estimate of drug-likeness (QED) is 0.553. The van der Waals surface area contributed by atoms with E-state index in [2.05, 4.69) is 30.6 Å². The summed E-state index contributed by atoms with van der Waals surface area (Å²) in [6, 6.07) is 2.06. The van der Waals surface area contributed by atoms with Crippen molar-refractivity contribution in [2.75, 3.05) is 49.6 Å². The molecule has 0 aromatic carbocycles. The lowest BCUT2D eigenvalue weighted by molar-refractivity contribution is 0.122. The van der Waals surface area contributed by atoms with E-state index < -0.39 is 0 Å². The van der Waals surface area contributed by atoms with Gasteiger partial charge in [0.15, 0.2) is 0 Å². The van der Waals surface area contributed by atoms with E-state index in [0.29, 0.717) is 54.5 Å². The van der Waals surface area contributed by atoms with Crippen LogP contribution in [0.25, 0.3) is 16.4 Å². The zero-order chi connectivity index (χ0) is 20.3. The highest BCUT2D eigenvalue weighted by Gasteiger charge is 2.23. The molecule has 2 fully saturated rings. The van der Waals surface area contributed by atoms with Crippen LogP contribution >= 0.6 is 11.3 Å². The zero-order valence-corrected chi connectivity index (χ0v) is 17.3. The van der Waals surface area contributed by atoms with Crippen LogP contribution in [0.3, 0.4) is 0 Å². The number of piperidine rings is 1. The van der Waals surface area contributed by atoms with Crippen molar-refractivity contribution in [1.29, 1.82) is 0 Å². The van der Waals surface area contributed by atoms with Crippen molar-refractivity contribution in [2.24, 2.45) is 0 Å². The van der Waals surface area contributed by atoms with Gasteiger partial charge >= 0.3 is 0 Å². The van der Waals surface area contributed by atoms with Gasteiger partial charge in [-0.05, 0) is 25.5 Å². The first-order valence-corrected chi connectivity index (χ1v) is 11.1. The van der Waals surface area contributed by atoms with Gasteiger partial charge in [0.25, 0.3) is 5.56 Å². The first kappa shape index (κ1) is 19.2. The molecule has 0 spiro atoms. The highest BCUT2D eigenvalue weighted by atomic mass is 32.1. The van der Waals surface area contributed by atoms with Crippen molar-refractivity contribution in [3.05, 3.63) is 34.2 Å². The van der Waals surface area contributed by atoms with E-state index in [0.717, 1.165) is 25.9 Å². The predicted molar refractivity (Wildman–Crippen MR) is 116 cm³/mol. The second-order valence-electron chi connectivity index (χ2n) is 7.37. The number of aromatic amines is 1. The number of morpholine rings is 1. The summed E-state index contributed by atoms with van der Waals surface area (Å²) in [6.07, 6.45) is 5.66. The van der Waals surface area contributed by atoms with Crippen molar-refractivity contribution in [3.63, 3.8) is 0 Å². The molecule has 3 N–H and O–H groups in total. The molecule has 5 heterocycles. The van der Waals surface area contributed by atoms with E-state index in [4.69, 9.17) is 9.72 Å². The van der Waals surface area contributed by atoms with Crippen molar-refractivity contribution in [1.82, 2.24) is 30.0 Å². The molecule has 1 atom stereocenters. The van der Waals surface area contributed by atoms with Crippen molar-refractivity contribution < 1.29 is 4.74 Å². The Morgan fingerprint density at radius 1 is 1.27 bits per heavy atom. The van der Waals surface area contributed by atoms with Crippen LogP contribution in [0, 0.1) is 0 Å². The molecule has 1 unspecified atom stereocenters. The third kappa shape index (κ3) is 3.95. The summed E-state index contributed by atoms with van der Waals surface area (Å²) in [7, 11) is 0. The number of H-pyrrole nitrogens is 1. The van der Waals surface area contributed by atoms with Crippen LogP contribution < -0.4 is 21.1 Å². The van der Waals surface area contributed by atoms with Crippen LogP contribution in [0.4, 0.5) is 11.8 Å². The van der Waals surface area contributed by atoms with Gasteiger partial charge in [0, 0.05) is 43.4 Å². The molecule has 2 saturated heterocycles. The third-order valence-corrected chi connectivity index (χ3v) is 6.13. The molecule has 3 aromatic rings. The molecular formula is C19H24N8O2S. The average molecular weight is 429 g/mol. The first-order chi connectivity index (χ1) is 14.8. The average Bonchev–Trinajstić information content (AvgIpc) is 3.47. The van der Waals surface area contributed by atoms with Crippen LogP contribution in [-0.2, 0) is 4.74 Å². The Balaban J connectivity index is 1.53. The molecule has 0 amide bonds. The maximum atomic E-state index is 13.2. The van der Waals surface area contributed by atoms with E-state index >= 15 is 0 Å². The van der Waals surface area contributed by atoms with Gasteiger partial charge in [-0.25, -0.2) is 9.67 Å². The van der Waals surface area contributed by atoms with E-state index in [1.807, 2.05) is 17.6 Å². The van der Waals surface area contributed by atoms with E-state index in [9.17, 15) is 4.79 Å². The van der Waals surface area contributed by atoms with Gasteiger partial charge in [-0.2, -0.15) is 10.1 Å². The Morgan fingerprint density at radius 2 is 2.17 bits per heavy atom. The minimum absolute atomic E-state index is 0.199. The van der Waals surface area contributed by atoms with E-state index in [-0.39, 0.29) is 11.6 Å². The smallest absolute Gasteiger partial charge is 0.263 e. The molecule has 0 bridgehead atoms. The van der Waals surface area contributed by atoms with Crippen LogP contribution in [0.2, 0.25) is 0 Å². The van der Waals surface area contributed by atoms with Crippen LogP contribution in [0.15, 0.2) is 28.6 Å². The maximum Gasteiger partial charge on any atom is 0.263 e. The summed E-state index contributed by atoms with van der Waals surface area (Å²) < 4.78 is 7.12. The predicted octanol–water partition coefficient (Wildman–Crippen LogP) is 1.08. The molecule has 5 rings (SSSR count). The number of rotatable bonds is 5. The first-order valence-electron chi connectivity index (χ1n) is 10.2. The van der Waals surface area contributed by atoms with Gasteiger partial charge < -0.3 is 20.3 Å². The number of hydrogen-bond acceptors (Lipinski definition) is 9. The molecule has 30 heavy (non-hydrogen) atoms. The monoisotopic (exact) mass is 428 g/mol. The lowest BCUT2D eigenvalue weighted by atomic mass is 10.1. The summed E-state index contributed by atoms with van der Waals surface area (Å²) in [5.41, 5.74) is 0.862. The summed E-state index contributed by atoms with van der Waals surface area (Å²) in [5, 5.41) is 13.7. The lowest BCUT2D eigenvalue weighted by Gasteiger charge is -2.29. The van der Waals surface area contributed by atoms with E-state index in [1.165, 1.54) is 11.3 Å². The number of anilines is 2. The molecular weight excluding hydrogens is 404 g/mol. The number of ether oxygens (including phenoxy) is 1. The van der Waals surface area contributed by atoms with Crippen LogP contribution in [0.5, 0.6) is 0 Å². The van der Waals surface area contributed by atoms with Gasteiger partial charge in [0.2, 0.25) is 11.1 Å². The summed E-state index contributed by atoms with van der Waals surface area (Å²) >= 11 is 1.44. The van der Waals surface area contributed by atoms with Gasteiger partial charge in [0.05, 0.1) is 18.9 Å². The molecule has 0 radical (unpaired) electrons. The Labute approximate surface area is 177 Å².